The van der Waals surface area contributed by atoms with Crippen LogP contribution in [0.5, 0.6) is 17.2 Å². The van der Waals surface area contributed by atoms with Gasteiger partial charge in [0.1, 0.15) is 19.0 Å². The van der Waals surface area contributed by atoms with Crippen molar-refractivity contribution in [3.05, 3.63) is 36.4 Å². The standard InChI is InChI=1S/C16H13NO4/c18-16-9-21-13-3-1-10(7-12(13)17-16)11-2-4-14-15(8-11)20-6-5-19-14/h1-4,7-8H,5-6,9H2,(H,17,18). The number of nitrogens with one attached hydrogen (secondary N) is 1. The molecule has 4 rings (SSSR count). The van der Waals surface area contributed by atoms with Crippen LogP contribution in [0.2, 0.25) is 0 Å². The normalized spacial score (nSPS) is 15.7. The summed E-state index contributed by atoms with van der Waals surface area (Å²) in [4.78, 5) is 11.4. The van der Waals surface area contributed by atoms with Gasteiger partial charge in [-0.05, 0) is 35.4 Å². The van der Waals surface area contributed by atoms with E-state index < -0.39 is 0 Å². The summed E-state index contributed by atoms with van der Waals surface area (Å²) in [7, 11) is 0. The molecule has 2 aromatic rings. The van der Waals surface area contributed by atoms with E-state index in [0.29, 0.717) is 24.7 Å². The number of carbonyl (C=O) groups is 1. The van der Waals surface area contributed by atoms with Gasteiger partial charge in [-0.25, -0.2) is 0 Å². The number of carbonyl (C=O) groups excluding carboxylic acids is 1. The summed E-state index contributed by atoms with van der Waals surface area (Å²) in [6.07, 6.45) is 0. The average molecular weight is 283 g/mol. The number of hydrogen-bond acceptors (Lipinski definition) is 4. The van der Waals surface area contributed by atoms with Gasteiger partial charge < -0.3 is 19.5 Å². The summed E-state index contributed by atoms with van der Waals surface area (Å²) < 4.78 is 16.5. The molecule has 0 aromatic heterocycles. The zero-order valence-corrected chi connectivity index (χ0v) is 11.2. The minimum absolute atomic E-state index is 0.0658. The minimum atomic E-state index is -0.137. The first-order valence-electron chi connectivity index (χ1n) is 6.76. The third kappa shape index (κ3) is 2.16. The highest BCUT2D eigenvalue weighted by Gasteiger charge is 2.17. The monoisotopic (exact) mass is 283 g/mol. The Kier molecular flexibility index (Phi) is 2.70. The lowest BCUT2D eigenvalue weighted by molar-refractivity contribution is -0.118. The SMILES string of the molecule is O=C1COc2ccc(-c3ccc4c(c3)OCCO4)cc2N1. The Morgan fingerprint density at radius 2 is 1.52 bits per heavy atom. The van der Waals surface area contributed by atoms with Crippen LogP contribution in [-0.4, -0.2) is 25.7 Å². The Labute approximate surface area is 121 Å². The molecule has 0 saturated heterocycles. The maximum Gasteiger partial charge on any atom is 0.262 e. The van der Waals surface area contributed by atoms with Crippen molar-refractivity contribution in [3.63, 3.8) is 0 Å². The first kappa shape index (κ1) is 12.1. The topological polar surface area (TPSA) is 56.8 Å². The van der Waals surface area contributed by atoms with Crippen molar-refractivity contribution in [1.82, 2.24) is 0 Å². The molecular weight excluding hydrogens is 270 g/mol. The van der Waals surface area contributed by atoms with Crippen LogP contribution < -0.4 is 19.5 Å². The highest BCUT2D eigenvalue weighted by atomic mass is 16.6. The van der Waals surface area contributed by atoms with Gasteiger partial charge in [0.15, 0.2) is 18.1 Å². The number of amides is 1. The molecule has 0 spiro atoms. The molecule has 2 aromatic carbocycles. The smallest absolute Gasteiger partial charge is 0.262 e. The highest BCUT2D eigenvalue weighted by Crippen LogP contribution is 2.37. The van der Waals surface area contributed by atoms with E-state index in [0.717, 1.165) is 22.6 Å². The molecule has 1 amide bonds. The molecule has 5 heteroatoms. The molecule has 5 nitrogen and oxygen atoms in total. The summed E-state index contributed by atoms with van der Waals surface area (Å²) in [5, 5.41) is 2.81. The van der Waals surface area contributed by atoms with Gasteiger partial charge in [0, 0.05) is 0 Å². The van der Waals surface area contributed by atoms with E-state index in [1.165, 1.54) is 0 Å². The van der Waals surface area contributed by atoms with Crippen molar-refractivity contribution in [2.75, 3.05) is 25.1 Å². The number of fused-ring (bicyclic) bond motifs is 2. The van der Waals surface area contributed by atoms with Gasteiger partial charge in [0.05, 0.1) is 5.69 Å². The van der Waals surface area contributed by atoms with E-state index in [1.54, 1.807) is 0 Å². The van der Waals surface area contributed by atoms with Crippen molar-refractivity contribution in [3.8, 4) is 28.4 Å². The van der Waals surface area contributed by atoms with E-state index in [4.69, 9.17) is 14.2 Å². The number of rotatable bonds is 1. The van der Waals surface area contributed by atoms with Gasteiger partial charge in [-0.1, -0.05) is 12.1 Å². The lowest BCUT2D eigenvalue weighted by Gasteiger charge is -2.20. The second kappa shape index (κ2) is 4.70. The molecule has 0 aliphatic carbocycles. The van der Waals surface area contributed by atoms with Crippen molar-refractivity contribution >= 4 is 11.6 Å². The predicted octanol–water partition coefficient (Wildman–Crippen LogP) is 2.46. The molecule has 2 heterocycles. The molecule has 2 aliphatic heterocycles. The van der Waals surface area contributed by atoms with Crippen LogP contribution in [0.3, 0.4) is 0 Å². The summed E-state index contributed by atoms with van der Waals surface area (Å²) in [6, 6.07) is 11.5. The van der Waals surface area contributed by atoms with Crippen molar-refractivity contribution in [1.29, 1.82) is 0 Å². The first-order chi connectivity index (χ1) is 10.3. The Hall–Kier alpha value is -2.69. The molecule has 0 bridgehead atoms. The van der Waals surface area contributed by atoms with E-state index >= 15 is 0 Å². The summed E-state index contributed by atoms with van der Waals surface area (Å²) >= 11 is 0. The Morgan fingerprint density at radius 1 is 0.810 bits per heavy atom. The van der Waals surface area contributed by atoms with Gasteiger partial charge in [0.2, 0.25) is 0 Å². The van der Waals surface area contributed by atoms with E-state index in [-0.39, 0.29) is 12.5 Å². The third-order valence-electron chi connectivity index (χ3n) is 3.49. The van der Waals surface area contributed by atoms with Gasteiger partial charge >= 0.3 is 0 Å². The molecule has 0 atom stereocenters. The van der Waals surface area contributed by atoms with Gasteiger partial charge in [-0.15, -0.1) is 0 Å². The van der Waals surface area contributed by atoms with Crippen LogP contribution in [0.15, 0.2) is 36.4 Å². The summed E-state index contributed by atoms with van der Waals surface area (Å²) in [5.74, 6) is 2.06. The third-order valence-corrected chi connectivity index (χ3v) is 3.49. The molecule has 0 saturated carbocycles. The van der Waals surface area contributed by atoms with Crippen LogP contribution in [0, 0.1) is 0 Å². The molecule has 21 heavy (non-hydrogen) atoms. The molecule has 2 aliphatic rings. The second-order valence-electron chi connectivity index (χ2n) is 4.91. The van der Waals surface area contributed by atoms with Gasteiger partial charge in [-0.2, -0.15) is 0 Å². The van der Waals surface area contributed by atoms with Crippen LogP contribution >= 0.6 is 0 Å². The predicted molar refractivity (Wildman–Crippen MR) is 77.0 cm³/mol. The van der Waals surface area contributed by atoms with Gasteiger partial charge in [0.25, 0.3) is 5.91 Å². The van der Waals surface area contributed by atoms with Crippen LogP contribution in [0.4, 0.5) is 5.69 Å². The number of benzene rings is 2. The Bertz CT molecular complexity index is 726. The number of hydrogen-bond donors (Lipinski definition) is 1. The molecule has 0 unspecified atom stereocenters. The van der Waals surface area contributed by atoms with Crippen molar-refractivity contribution < 1.29 is 19.0 Å². The molecule has 106 valence electrons. The fourth-order valence-electron chi connectivity index (χ4n) is 2.49. The lowest BCUT2D eigenvalue weighted by atomic mass is 10.0. The van der Waals surface area contributed by atoms with E-state index in [9.17, 15) is 4.79 Å². The first-order valence-corrected chi connectivity index (χ1v) is 6.76. The van der Waals surface area contributed by atoms with E-state index in [1.807, 2.05) is 36.4 Å². The molecular formula is C16H13NO4. The van der Waals surface area contributed by atoms with Crippen LogP contribution in [0.25, 0.3) is 11.1 Å². The number of ether oxygens (including phenoxy) is 3. The number of anilines is 1. The summed E-state index contributed by atoms with van der Waals surface area (Å²) in [5.41, 5.74) is 2.68. The minimum Gasteiger partial charge on any atom is -0.486 e. The molecule has 0 radical (unpaired) electrons. The molecule has 0 fully saturated rings. The maximum atomic E-state index is 11.4. The highest BCUT2D eigenvalue weighted by molar-refractivity contribution is 5.96. The largest absolute Gasteiger partial charge is 0.486 e. The van der Waals surface area contributed by atoms with Crippen LogP contribution in [-0.2, 0) is 4.79 Å². The quantitative estimate of drug-likeness (QED) is 0.873. The maximum absolute atomic E-state index is 11.4. The van der Waals surface area contributed by atoms with E-state index in [2.05, 4.69) is 5.32 Å². The van der Waals surface area contributed by atoms with Crippen molar-refractivity contribution in [2.45, 2.75) is 0 Å². The molecule has 1 N–H and O–H groups in total. The zero-order valence-electron chi connectivity index (χ0n) is 11.2. The Morgan fingerprint density at radius 3 is 2.38 bits per heavy atom. The van der Waals surface area contributed by atoms with Crippen LogP contribution in [0.1, 0.15) is 0 Å². The fraction of sp³-hybridized carbons (Fsp3) is 0.188. The summed E-state index contributed by atoms with van der Waals surface area (Å²) in [6.45, 7) is 1.20. The lowest BCUT2D eigenvalue weighted by Crippen LogP contribution is -2.25. The average Bonchev–Trinajstić information content (AvgIpc) is 2.53. The fourth-order valence-corrected chi connectivity index (χ4v) is 2.49. The Balaban J connectivity index is 1.73. The van der Waals surface area contributed by atoms with Gasteiger partial charge in [-0.3, -0.25) is 4.79 Å². The zero-order chi connectivity index (χ0) is 14.2. The second-order valence-corrected chi connectivity index (χ2v) is 4.91. The van der Waals surface area contributed by atoms with Crippen molar-refractivity contribution in [2.24, 2.45) is 0 Å².